The molecule has 0 radical (unpaired) electrons. The summed E-state index contributed by atoms with van der Waals surface area (Å²) in [6.45, 7) is 10.8. The Bertz CT molecular complexity index is 1330. The molecule has 9 nitrogen and oxygen atoms in total. The van der Waals surface area contributed by atoms with Crippen LogP contribution < -0.4 is 11.1 Å². The molecular weight excluding hydrogens is 446 g/mol. The summed E-state index contributed by atoms with van der Waals surface area (Å²) in [5.41, 5.74) is 7.78. The first-order valence-electron chi connectivity index (χ1n) is 11.1. The van der Waals surface area contributed by atoms with Crippen molar-refractivity contribution in [1.82, 2.24) is 14.5 Å². The van der Waals surface area contributed by atoms with Crippen LogP contribution in [0.4, 0.5) is 11.6 Å². The van der Waals surface area contributed by atoms with Crippen LogP contribution in [-0.2, 0) is 21.3 Å². The zero-order valence-electron chi connectivity index (χ0n) is 21.1. The monoisotopic (exact) mass is 477 g/mol. The molecule has 184 valence electrons. The minimum absolute atomic E-state index is 0.0854. The lowest BCUT2D eigenvalue weighted by Crippen LogP contribution is -2.28. The average molecular weight is 478 g/mol. The second kappa shape index (κ2) is 9.66. The second-order valence-electron chi connectivity index (χ2n) is 10.0. The zero-order valence-corrected chi connectivity index (χ0v) is 21.1. The van der Waals surface area contributed by atoms with Crippen LogP contribution in [0.1, 0.15) is 63.0 Å². The molecule has 9 heteroatoms. The molecule has 0 aliphatic rings. The zero-order chi connectivity index (χ0) is 26.0. The number of nitrogens with two attached hydrogens (primary N) is 1. The number of nitrogens with zero attached hydrogens (tertiary/aromatic N) is 3. The fourth-order valence-electron chi connectivity index (χ4n) is 3.22. The molecule has 3 aromatic rings. The van der Waals surface area contributed by atoms with Gasteiger partial charge in [-0.05, 0) is 59.7 Å². The summed E-state index contributed by atoms with van der Waals surface area (Å²) in [6.07, 6.45) is 1.62. The molecule has 0 unspecified atom stereocenters. The van der Waals surface area contributed by atoms with E-state index in [4.69, 9.17) is 15.2 Å². The Hall–Kier alpha value is -4.06. The first kappa shape index (κ1) is 25.6. The smallest absolute Gasteiger partial charge is 0.338 e. The van der Waals surface area contributed by atoms with Gasteiger partial charge >= 0.3 is 11.9 Å². The lowest BCUT2D eigenvalue weighted by molar-refractivity contribution is -0.152. The molecule has 3 rings (SSSR count). The highest BCUT2D eigenvalue weighted by atomic mass is 16.6. The summed E-state index contributed by atoms with van der Waals surface area (Å²) in [5, 5.41) is 2.96. The van der Waals surface area contributed by atoms with Gasteiger partial charge in [0, 0.05) is 12.6 Å². The van der Waals surface area contributed by atoms with Gasteiger partial charge in [-0.2, -0.15) is 0 Å². The molecule has 1 aromatic carbocycles. The number of carbonyl (C=O) groups excluding carboxylic acids is 2. The Morgan fingerprint density at radius 1 is 1.09 bits per heavy atom. The molecule has 0 atom stereocenters. The van der Waals surface area contributed by atoms with E-state index in [1.165, 1.54) is 0 Å². The predicted octanol–water partition coefficient (Wildman–Crippen LogP) is 3.66. The summed E-state index contributed by atoms with van der Waals surface area (Å²) in [5.74, 6) is 5.82. The lowest BCUT2D eigenvalue weighted by Gasteiger charge is -2.19. The third-order valence-electron chi connectivity index (χ3n) is 4.54. The number of esters is 2. The van der Waals surface area contributed by atoms with Crippen molar-refractivity contribution < 1.29 is 19.1 Å². The highest BCUT2D eigenvalue weighted by molar-refractivity contribution is 5.95. The number of fused-ring (bicyclic) bond motifs is 1. The maximum Gasteiger partial charge on any atom is 0.338 e. The third kappa shape index (κ3) is 6.73. The second-order valence-corrected chi connectivity index (χ2v) is 10.0. The van der Waals surface area contributed by atoms with Gasteiger partial charge in [0.05, 0.1) is 23.0 Å². The summed E-state index contributed by atoms with van der Waals surface area (Å²) >= 11 is 0. The van der Waals surface area contributed by atoms with Crippen LogP contribution in [0.15, 0.2) is 30.6 Å². The molecule has 2 heterocycles. The summed E-state index contributed by atoms with van der Waals surface area (Å²) < 4.78 is 12.5. The molecule has 0 spiro atoms. The quantitative estimate of drug-likeness (QED) is 0.431. The van der Waals surface area contributed by atoms with E-state index in [1.807, 2.05) is 27.8 Å². The molecule has 2 aromatic heterocycles. The number of hydrogen-bond donors (Lipinski definition) is 2. The largest absolute Gasteiger partial charge is 0.459 e. The lowest BCUT2D eigenvalue weighted by atomic mass is 10.1. The van der Waals surface area contributed by atoms with Crippen molar-refractivity contribution in [3.05, 3.63) is 47.3 Å². The van der Waals surface area contributed by atoms with E-state index in [1.54, 1.807) is 55.9 Å². The van der Waals surface area contributed by atoms with Crippen LogP contribution >= 0.6 is 0 Å². The van der Waals surface area contributed by atoms with Crippen LogP contribution in [0.2, 0.25) is 0 Å². The van der Waals surface area contributed by atoms with Crippen molar-refractivity contribution in [2.24, 2.45) is 7.05 Å². The number of imidazole rings is 1. The molecule has 3 N–H and O–H groups in total. The summed E-state index contributed by atoms with van der Waals surface area (Å²) in [4.78, 5) is 33.3. The van der Waals surface area contributed by atoms with Gasteiger partial charge in [0.2, 0.25) is 0 Å². The third-order valence-corrected chi connectivity index (χ3v) is 4.54. The Labute approximate surface area is 205 Å². The van der Waals surface area contributed by atoms with Gasteiger partial charge in [0.1, 0.15) is 29.1 Å². The van der Waals surface area contributed by atoms with Crippen molar-refractivity contribution in [2.45, 2.75) is 52.7 Å². The van der Waals surface area contributed by atoms with Crippen LogP contribution in [0.5, 0.6) is 0 Å². The first-order chi connectivity index (χ1) is 16.2. The number of benzene rings is 1. The van der Waals surface area contributed by atoms with Gasteiger partial charge < -0.3 is 25.1 Å². The number of pyridine rings is 1. The standard InChI is InChI=1S/C26H31N5O4/c1-25(2,3)34-19(32)14-28-23-20-21(31(7)15-29-20)18(22(27)30-23)12-11-16-9-8-10-17(13-16)24(33)35-26(4,5)6/h8-10,13,15H,14H2,1-7H3,(H3,27,28,30). The number of anilines is 2. The molecule has 0 saturated carbocycles. The Kier molecular flexibility index (Phi) is 7.06. The van der Waals surface area contributed by atoms with Crippen molar-refractivity contribution in [1.29, 1.82) is 0 Å². The minimum atomic E-state index is -0.594. The van der Waals surface area contributed by atoms with E-state index in [0.29, 0.717) is 33.5 Å². The SMILES string of the molecule is Cn1cnc2c(NCC(=O)OC(C)(C)C)nc(N)c(C#Cc3cccc(C(=O)OC(C)(C)C)c3)c21. The van der Waals surface area contributed by atoms with Gasteiger partial charge in [0.15, 0.2) is 5.82 Å². The molecule has 0 saturated heterocycles. The van der Waals surface area contributed by atoms with Gasteiger partial charge in [-0.1, -0.05) is 17.9 Å². The van der Waals surface area contributed by atoms with E-state index < -0.39 is 23.1 Å². The average Bonchev–Trinajstić information content (AvgIpc) is 3.11. The molecule has 0 bridgehead atoms. The van der Waals surface area contributed by atoms with E-state index >= 15 is 0 Å². The van der Waals surface area contributed by atoms with E-state index in [-0.39, 0.29) is 12.4 Å². The highest BCUT2D eigenvalue weighted by Gasteiger charge is 2.20. The van der Waals surface area contributed by atoms with Crippen LogP contribution in [-0.4, -0.2) is 44.2 Å². The van der Waals surface area contributed by atoms with E-state index in [9.17, 15) is 9.59 Å². The number of rotatable bonds is 4. The topological polar surface area (TPSA) is 121 Å². The fraction of sp³-hybridized carbons (Fsp3) is 0.385. The first-order valence-corrected chi connectivity index (χ1v) is 11.1. The molecule has 35 heavy (non-hydrogen) atoms. The van der Waals surface area contributed by atoms with E-state index in [2.05, 4.69) is 27.1 Å². The van der Waals surface area contributed by atoms with Gasteiger partial charge in [0.25, 0.3) is 0 Å². The molecule has 0 amide bonds. The number of ether oxygens (including phenoxy) is 2. The highest BCUT2D eigenvalue weighted by Crippen LogP contribution is 2.27. The molecular formula is C26H31N5O4. The van der Waals surface area contributed by atoms with E-state index in [0.717, 1.165) is 0 Å². The van der Waals surface area contributed by atoms with Crippen LogP contribution in [0, 0.1) is 11.8 Å². The maximum atomic E-state index is 12.4. The van der Waals surface area contributed by atoms with Crippen LogP contribution in [0.3, 0.4) is 0 Å². The van der Waals surface area contributed by atoms with Crippen LogP contribution in [0.25, 0.3) is 11.0 Å². The van der Waals surface area contributed by atoms with Crippen molar-refractivity contribution in [3.8, 4) is 11.8 Å². The maximum absolute atomic E-state index is 12.4. The van der Waals surface area contributed by atoms with Crippen molar-refractivity contribution in [2.75, 3.05) is 17.6 Å². The van der Waals surface area contributed by atoms with Gasteiger partial charge in [-0.25, -0.2) is 14.8 Å². The summed E-state index contributed by atoms with van der Waals surface area (Å²) in [6, 6.07) is 6.89. The Balaban J connectivity index is 1.91. The number of hydrogen-bond acceptors (Lipinski definition) is 8. The molecule has 0 aliphatic heterocycles. The normalized spacial score (nSPS) is 11.5. The summed E-state index contributed by atoms with van der Waals surface area (Å²) in [7, 11) is 1.82. The number of aromatic nitrogens is 3. The van der Waals surface area contributed by atoms with Gasteiger partial charge in [-0.15, -0.1) is 0 Å². The fourth-order valence-corrected chi connectivity index (χ4v) is 3.22. The number of aryl methyl sites for hydroxylation is 1. The molecule has 0 aliphatic carbocycles. The molecule has 0 fully saturated rings. The van der Waals surface area contributed by atoms with Gasteiger partial charge in [-0.3, -0.25) is 4.79 Å². The minimum Gasteiger partial charge on any atom is -0.459 e. The Morgan fingerprint density at radius 3 is 2.43 bits per heavy atom. The Morgan fingerprint density at radius 2 is 1.77 bits per heavy atom. The number of nitrogens with one attached hydrogen (secondary N) is 1. The predicted molar refractivity (Wildman–Crippen MR) is 135 cm³/mol. The number of carbonyl (C=O) groups is 2. The van der Waals surface area contributed by atoms with Crippen molar-refractivity contribution >= 4 is 34.6 Å². The number of nitrogen functional groups attached to an aromatic ring is 1. The van der Waals surface area contributed by atoms with Crippen molar-refractivity contribution in [3.63, 3.8) is 0 Å².